The summed E-state index contributed by atoms with van der Waals surface area (Å²) in [5.74, 6) is 1.72. The number of benzene rings is 1. The first kappa shape index (κ1) is 12.4. The molecule has 6 nitrogen and oxygen atoms in total. The van der Waals surface area contributed by atoms with E-state index in [2.05, 4.69) is 19.6 Å². The van der Waals surface area contributed by atoms with Crippen molar-refractivity contribution >= 4 is 5.69 Å². The number of anilines is 1. The molecule has 0 fully saturated rings. The van der Waals surface area contributed by atoms with E-state index in [4.69, 9.17) is 5.73 Å². The van der Waals surface area contributed by atoms with Crippen LogP contribution in [0.4, 0.5) is 5.69 Å². The lowest BCUT2D eigenvalue weighted by atomic mass is 10.2. The third-order valence-electron chi connectivity index (χ3n) is 3.20. The number of nitrogens with zero attached hydrogens (tertiary/aromatic N) is 5. The molecule has 0 aliphatic rings. The van der Waals surface area contributed by atoms with Crippen LogP contribution in [-0.4, -0.2) is 24.3 Å². The summed E-state index contributed by atoms with van der Waals surface area (Å²) in [4.78, 5) is 8.52. The van der Waals surface area contributed by atoms with Crippen molar-refractivity contribution in [1.29, 1.82) is 0 Å². The van der Waals surface area contributed by atoms with Gasteiger partial charge in [-0.1, -0.05) is 0 Å². The highest BCUT2D eigenvalue weighted by atomic mass is 15.3. The van der Waals surface area contributed by atoms with E-state index in [-0.39, 0.29) is 0 Å². The normalized spacial score (nSPS) is 10.8. The second-order valence-electron chi connectivity index (χ2n) is 4.62. The number of imidazole rings is 1. The van der Waals surface area contributed by atoms with Crippen LogP contribution in [-0.2, 0) is 13.1 Å². The molecule has 6 heteroatoms. The first-order chi connectivity index (χ1) is 9.72. The Balaban J connectivity index is 1.71. The molecule has 0 amide bonds. The van der Waals surface area contributed by atoms with Gasteiger partial charge in [-0.25, -0.2) is 9.97 Å². The van der Waals surface area contributed by atoms with Crippen molar-refractivity contribution in [3.05, 3.63) is 48.8 Å². The number of nitrogen functional groups attached to an aromatic ring is 1. The zero-order chi connectivity index (χ0) is 13.9. The smallest absolute Gasteiger partial charge is 0.181 e. The minimum Gasteiger partial charge on any atom is -0.399 e. The van der Waals surface area contributed by atoms with Crippen molar-refractivity contribution in [1.82, 2.24) is 24.3 Å². The lowest BCUT2D eigenvalue weighted by molar-refractivity contribution is 0.526. The van der Waals surface area contributed by atoms with Crippen LogP contribution in [0.5, 0.6) is 0 Å². The van der Waals surface area contributed by atoms with E-state index >= 15 is 0 Å². The predicted molar refractivity (Wildman–Crippen MR) is 76.8 cm³/mol. The van der Waals surface area contributed by atoms with Crippen LogP contribution in [0.15, 0.2) is 43.0 Å². The number of nitrogens with two attached hydrogens (primary N) is 1. The summed E-state index contributed by atoms with van der Waals surface area (Å²) in [5, 5.41) is 4.47. The fourth-order valence-corrected chi connectivity index (χ4v) is 2.02. The molecule has 0 radical (unpaired) electrons. The molecule has 102 valence electrons. The topological polar surface area (TPSA) is 74.5 Å². The standard InChI is InChI=1S/C14H16N6/c1-11-16-6-7-19(11)8-9-20-10-17-14(18-20)12-2-4-13(15)5-3-12/h2-7,10H,8-9,15H2,1H3. The molecular formula is C14H16N6. The van der Waals surface area contributed by atoms with Crippen molar-refractivity contribution in [3.8, 4) is 11.4 Å². The molecule has 0 atom stereocenters. The lowest BCUT2D eigenvalue weighted by Gasteiger charge is -2.04. The molecular weight excluding hydrogens is 252 g/mol. The van der Waals surface area contributed by atoms with Gasteiger partial charge >= 0.3 is 0 Å². The summed E-state index contributed by atoms with van der Waals surface area (Å²) in [5.41, 5.74) is 7.38. The van der Waals surface area contributed by atoms with Gasteiger partial charge in [0.25, 0.3) is 0 Å². The van der Waals surface area contributed by atoms with E-state index < -0.39 is 0 Å². The average Bonchev–Trinajstić information content (AvgIpc) is 3.06. The van der Waals surface area contributed by atoms with Crippen molar-refractivity contribution in [2.75, 3.05) is 5.73 Å². The highest BCUT2D eigenvalue weighted by Crippen LogP contribution is 2.15. The van der Waals surface area contributed by atoms with E-state index in [1.807, 2.05) is 42.1 Å². The zero-order valence-electron chi connectivity index (χ0n) is 11.3. The summed E-state index contributed by atoms with van der Waals surface area (Å²) in [6.07, 6.45) is 5.52. The third kappa shape index (κ3) is 2.54. The Morgan fingerprint density at radius 2 is 1.90 bits per heavy atom. The van der Waals surface area contributed by atoms with Gasteiger partial charge in [0.2, 0.25) is 0 Å². The third-order valence-corrected chi connectivity index (χ3v) is 3.20. The van der Waals surface area contributed by atoms with E-state index in [0.717, 1.165) is 30.2 Å². The maximum absolute atomic E-state index is 5.67. The first-order valence-electron chi connectivity index (χ1n) is 6.45. The summed E-state index contributed by atoms with van der Waals surface area (Å²) in [7, 11) is 0. The molecule has 1 aromatic carbocycles. The van der Waals surface area contributed by atoms with Crippen molar-refractivity contribution in [2.45, 2.75) is 20.0 Å². The molecule has 0 saturated carbocycles. The Hall–Kier alpha value is -2.63. The number of aryl methyl sites for hydroxylation is 3. The molecule has 3 rings (SSSR count). The highest BCUT2D eigenvalue weighted by molar-refractivity contribution is 5.57. The molecule has 2 N–H and O–H groups in total. The Morgan fingerprint density at radius 3 is 2.60 bits per heavy atom. The first-order valence-corrected chi connectivity index (χ1v) is 6.45. The Labute approximate surface area is 116 Å². The van der Waals surface area contributed by atoms with Crippen LogP contribution in [0.3, 0.4) is 0 Å². The quantitative estimate of drug-likeness (QED) is 0.731. The number of hydrogen-bond donors (Lipinski definition) is 1. The van der Waals surface area contributed by atoms with Gasteiger partial charge in [0, 0.05) is 30.2 Å². The van der Waals surface area contributed by atoms with Gasteiger partial charge < -0.3 is 10.3 Å². The number of rotatable bonds is 4. The molecule has 0 saturated heterocycles. The van der Waals surface area contributed by atoms with Crippen LogP contribution in [0, 0.1) is 6.92 Å². The van der Waals surface area contributed by atoms with Crippen LogP contribution < -0.4 is 5.73 Å². The van der Waals surface area contributed by atoms with Crippen molar-refractivity contribution in [3.63, 3.8) is 0 Å². The minimum atomic E-state index is 0.715. The van der Waals surface area contributed by atoms with Gasteiger partial charge in [0.1, 0.15) is 12.2 Å². The molecule has 0 aliphatic heterocycles. The van der Waals surface area contributed by atoms with E-state index in [0.29, 0.717) is 5.82 Å². The van der Waals surface area contributed by atoms with Crippen LogP contribution in [0.1, 0.15) is 5.82 Å². The van der Waals surface area contributed by atoms with Crippen LogP contribution in [0.25, 0.3) is 11.4 Å². The van der Waals surface area contributed by atoms with Gasteiger partial charge in [-0.05, 0) is 31.2 Å². The van der Waals surface area contributed by atoms with Gasteiger partial charge in [0.05, 0.1) is 6.54 Å². The summed E-state index contributed by atoms with van der Waals surface area (Å²) in [6.45, 7) is 3.58. The average molecular weight is 268 g/mol. The molecule has 0 unspecified atom stereocenters. The van der Waals surface area contributed by atoms with E-state index in [1.54, 1.807) is 12.5 Å². The number of hydrogen-bond acceptors (Lipinski definition) is 4. The van der Waals surface area contributed by atoms with Gasteiger partial charge in [-0.15, -0.1) is 0 Å². The Morgan fingerprint density at radius 1 is 1.10 bits per heavy atom. The minimum absolute atomic E-state index is 0.715. The number of aromatic nitrogens is 5. The molecule has 0 spiro atoms. The maximum Gasteiger partial charge on any atom is 0.181 e. The predicted octanol–water partition coefficient (Wildman–Crippen LogP) is 1.73. The van der Waals surface area contributed by atoms with Gasteiger partial charge in [-0.3, -0.25) is 4.68 Å². The second-order valence-corrected chi connectivity index (χ2v) is 4.62. The fourth-order valence-electron chi connectivity index (χ4n) is 2.02. The molecule has 2 heterocycles. The SMILES string of the molecule is Cc1nccn1CCn1cnc(-c2ccc(N)cc2)n1. The summed E-state index contributed by atoms with van der Waals surface area (Å²) >= 11 is 0. The summed E-state index contributed by atoms with van der Waals surface area (Å²) < 4.78 is 3.93. The van der Waals surface area contributed by atoms with E-state index in [1.165, 1.54) is 0 Å². The Bertz CT molecular complexity index is 695. The Kier molecular flexibility index (Phi) is 3.20. The fraction of sp³-hybridized carbons (Fsp3) is 0.214. The van der Waals surface area contributed by atoms with Gasteiger partial charge in [-0.2, -0.15) is 5.10 Å². The largest absolute Gasteiger partial charge is 0.399 e. The van der Waals surface area contributed by atoms with Crippen molar-refractivity contribution in [2.24, 2.45) is 0 Å². The van der Waals surface area contributed by atoms with Crippen LogP contribution >= 0.6 is 0 Å². The second kappa shape index (κ2) is 5.16. The lowest BCUT2D eigenvalue weighted by Crippen LogP contribution is -2.08. The van der Waals surface area contributed by atoms with Crippen molar-refractivity contribution < 1.29 is 0 Å². The van der Waals surface area contributed by atoms with Crippen LogP contribution in [0.2, 0.25) is 0 Å². The van der Waals surface area contributed by atoms with E-state index in [9.17, 15) is 0 Å². The zero-order valence-corrected chi connectivity index (χ0v) is 11.3. The summed E-state index contributed by atoms with van der Waals surface area (Å²) in [6, 6.07) is 7.56. The maximum atomic E-state index is 5.67. The molecule has 2 aromatic heterocycles. The highest BCUT2D eigenvalue weighted by Gasteiger charge is 2.04. The molecule has 3 aromatic rings. The van der Waals surface area contributed by atoms with Gasteiger partial charge in [0.15, 0.2) is 5.82 Å². The molecule has 0 aliphatic carbocycles. The molecule has 0 bridgehead atoms. The molecule has 20 heavy (non-hydrogen) atoms. The monoisotopic (exact) mass is 268 g/mol.